The van der Waals surface area contributed by atoms with Crippen LogP contribution in [0.15, 0.2) is 41.4 Å². The van der Waals surface area contributed by atoms with Crippen LogP contribution < -0.4 is 5.32 Å². The first-order valence-corrected chi connectivity index (χ1v) is 10.4. The Balaban J connectivity index is 2.09. The number of nitrogens with zero attached hydrogens (tertiary/aromatic N) is 2. The quantitative estimate of drug-likeness (QED) is 0.582. The van der Waals surface area contributed by atoms with Crippen molar-refractivity contribution in [3.05, 3.63) is 70.0 Å². The molecule has 3 N–H and O–H groups in total. The second-order valence-corrected chi connectivity index (χ2v) is 8.80. The molecule has 142 valence electrons. The van der Waals surface area contributed by atoms with E-state index in [-0.39, 0.29) is 10.7 Å². The van der Waals surface area contributed by atoms with Gasteiger partial charge in [0.15, 0.2) is 5.03 Å². The molecule has 1 aromatic carbocycles. The van der Waals surface area contributed by atoms with Crippen LogP contribution in [0.25, 0.3) is 0 Å². The molecule has 0 bridgehead atoms. The first-order valence-electron chi connectivity index (χ1n) is 8.10. The third kappa shape index (κ3) is 4.28. The van der Waals surface area contributed by atoms with Crippen LogP contribution in [0.2, 0.25) is 5.02 Å². The summed E-state index contributed by atoms with van der Waals surface area (Å²) in [5.74, 6) is 0.531. The van der Waals surface area contributed by atoms with Crippen molar-refractivity contribution in [2.75, 3.05) is 11.6 Å². The second-order valence-electron chi connectivity index (χ2n) is 6.29. The maximum Gasteiger partial charge on any atom is 0.156 e. The van der Waals surface area contributed by atoms with Crippen molar-refractivity contribution in [2.24, 2.45) is 0 Å². The highest BCUT2D eigenvalue weighted by Gasteiger charge is 2.22. The SMILES string of the molecule is Cc1nc(N[C@@H](c2cccc(Cl)c2)c2nc(S(C)(=N)=O)c(C)[nH]2)ccc1F. The van der Waals surface area contributed by atoms with Crippen molar-refractivity contribution in [2.45, 2.75) is 24.9 Å². The molecule has 0 radical (unpaired) electrons. The fraction of sp³-hybridized carbons (Fsp3) is 0.222. The van der Waals surface area contributed by atoms with Gasteiger partial charge in [-0.3, -0.25) is 0 Å². The van der Waals surface area contributed by atoms with Gasteiger partial charge in [0, 0.05) is 17.0 Å². The minimum atomic E-state index is -2.98. The molecule has 0 amide bonds. The third-order valence-corrected chi connectivity index (χ3v) is 5.37. The molecule has 27 heavy (non-hydrogen) atoms. The van der Waals surface area contributed by atoms with Gasteiger partial charge < -0.3 is 10.3 Å². The van der Waals surface area contributed by atoms with Gasteiger partial charge in [0.1, 0.15) is 23.5 Å². The molecule has 0 aliphatic rings. The summed E-state index contributed by atoms with van der Waals surface area (Å²) in [6, 6.07) is 9.56. The first kappa shape index (κ1) is 19.3. The number of anilines is 1. The molecule has 6 nitrogen and oxygen atoms in total. The molecule has 0 aliphatic heterocycles. The molecule has 2 atom stereocenters. The van der Waals surface area contributed by atoms with E-state index in [2.05, 4.69) is 20.3 Å². The fourth-order valence-corrected chi connectivity index (χ4v) is 3.86. The molecule has 2 heterocycles. The zero-order chi connectivity index (χ0) is 19.8. The van der Waals surface area contributed by atoms with Crippen LogP contribution in [0.3, 0.4) is 0 Å². The number of aromatic amines is 1. The van der Waals surface area contributed by atoms with E-state index in [0.717, 1.165) is 5.56 Å². The Morgan fingerprint density at radius 2 is 2.00 bits per heavy atom. The van der Waals surface area contributed by atoms with Gasteiger partial charge in [-0.15, -0.1) is 0 Å². The summed E-state index contributed by atoms with van der Waals surface area (Å²) in [6.07, 6.45) is 1.33. The van der Waals surface area contributed by atoms with Crippen LogP contribution in [0.1, 0.15) is 28.8 Å². The van der Waals surface area contributed by atoms with E-state index in [9.17, 15) is 8.60 Å². The Labute approximate surface area is 162 Å². The number of nitrogens with one attached hydrogen (secondary N) is 3. The summed E-state index contributed by atoms with van der Waals surface area (Å²) in [7, 11) is -2.98. The lowest BCUT2D eigenvalue weighted by Gasteiger charge is -2.18. The van der Waals surface area contributed by atoms with E-state index in [1.807, 2.05) is 6.07 Å². The number of hydrogen-bond donors (Lipinski definition) is 3. The molecule has 0 saturated carbocycles. The van der Waals surface area contributed by atoms with E-state index < -0.39 is 21.6 Å². The maximum atomic E-state index is 13.5. The Morgan fingerprint density at radius 1 is 1.26 bits per heavy atom. The number of rotatable bonds is 5. The lowest BCUT2D eigenvalue weighted by atomic mass is 10.1. The van der Waals surface area contributed by atoms with Gasteiger partial charge in [-0.05, 0) is 43.7 Å². The predicted molar refractivity (Wildman–Crippen MR) is 104 cm³/mol. The molecule has 9 heteroatoms. The molecule has 3 rings (SSSR count). The van der Waals surface area contributed by atoms with Crippen molar-refractivity contribution >= 4 is 27.1 Å². The van der Waals surface area contributed by atoms with Crippen molar-refractivity contribution in [3.8, 4) is 0 Å². The fourth-order valence-electron chi connectivity index (χ4n) is 2.75. The topological polar surface area (TPSA) is 94.5 Å². The summed E-state index contributed by atoms with van der Waals surface area (Å²) in [5, 5.41) is 3.97. The zero-order valence-electron chi connectivity index (χ0n) is 15.0. The van der Waals surface area contributed by atoms with Gasteiger partial charge >= 0.3 is 0 Å². The van der Waals surface area contributed by atoms with Gasteiger partial charge in [0.2, 0.25) is 0 Å². The molecular formula is C18H19ClFN5OS. The number of benzene rings is 1. The smallest absolute Gasteiger partial charge is 0.156 e. The Hall–Kier alpha value is -2.45. The molecule has 3 aromatic rings. The Morgan fingerprint density at radius 3 is 2.59 bits per heavy atom. The molecule has 0 fully saturated rings. The highest BCUT2D eigenvalue weighted by molar-refractivity contribution is 7.91. The van der Waals surface area contributed by atoms with E-state index in [1.165, 1.54) is 18.4 Å². The number of imidazole rings is 1. The van der Waals surface area contributed by atoms with E-state index in [0.29, 0.717) is 22.4 Å². The third-order valence-electron chi connectivity index (χ3n) is 4.00. The van der Waals surface area contributed by atoms with Crippen LogP contribution in [-0.4, -0.2) is 25.4 Å². The van der Waals surface area contributed by atoms with Gasteiger partial charge in [0.05, 0.1) is 15.4 Å². The second kappa shape index (κ2) is 7.28. The lowest BCUT2D eigenvalue weighted by molar-refractivity contribution is 0.610. The van der Waals surface area contributed by atoms with Crippen molar-refractivity contribution in [1.82, 2.24) is 15.0 Å². The molecule has 0 saturated heterocycles. The molecule has 0 aliphatic carbocycles. The van der Waals surface area contributed by atoms with Crippen molar-refractivity contribution in [1.29, 1.82) is 4.78 Å². The van der Waals surface area contributed by atoms with Crippen LogP contribution in [0.5, 0.6) is 0 Å². The van der Waals surface area contributed by atoms with Crippen molar-refractivity contribution in [3.63, 3.8) is 0 Å². The normalized spacial score (nSPS) is 14.6. The number of aromatic nitrogens is 3. The largest absolute Gasteiger partial charge is 0.356 e. The minimum Gasteiger partial charge on any atom is -0.356 e. The van der Waals surface area contributed by atoms with E-state index >= 15 is 0 Å². The molecule has 0 spiro atoms. The molecular weight excluding hydrogens is 389 g/mol. The number of hydrogen-bond acceptors (Lipinski definition) is 5. The van der Waals surface area contributed by atoms with E-state index in [1.54, 1.807) is 32.0 Å². The average Bonchev–Trinajstić information content (AvgIpc) is 2.97. The van der Waals surface area contributed by atoms with Crippen LogP contribution in [-0.2, 0) is 9.73 Å². The first-order chi connectivity index (χ1) is 12.6. The molecule has 2 aromatic heterocycles. The predicted octanol–water partition coefficient (Wildman–Crippen LogP) is 4.45. The lowest BCUT2D eigenvalue weighted by Crippen LogP contribution is -2.15. The number of aryl methyl sites for hydroxylation is 2. The van der Waals surface area contributed by atoms with E-state index in [4.69, 9.17) is 16.4 Å². The summed E-state index contributed by atoms with van der Waals surface area (Å²) >= 11 is 6.13. The highest BCUT2D eigenvalue weighted by atomic mass is 35.5. The van der Waals surface area contributed by atoms with Crippen LogP contribution >= 0.6 is 11.6 Å². The number of pyridine rings is 1. The van der Waals surface area contributed by atoms with Gasteiger partial charge in [-0.25, -0.2) is 23.3 Å². The summed E-state index contributed by atoms with van der Waals surface area (Å²) < 4.78 is 33.5. The Kier molecular flexibility index (Phi) is 5.21. The minimum absolute atomic E-state index is 0.203. The summed E-state index contributed by atoms with van der Waals surface area (Å²) in [4.78, 5) is 11.7. The number of H-pyrrole nitrogens is 1. The van der Waals surface area contributed by atoms with Gasteiger partial charge in [0.25, 0.3) is 0 Å². The van der Waals surface area contributed by atoms with Crippen molar-refractivity contribution < 1.29 is 8.60 Å². The standard InChI is InChI=1S/C18H19ClFN5OS/c1-10-14(20)7-8-15(22-10)24-16(12-5-4-6-13(19)9-12)17-23-11(2)18(25-17)27(3,21)26/h4-9,16,21H,1-3H3,(H,22,24)(H,23,25)/t16-,27?/m0/s1. The number of halogens is 2. The van der Waals surface area contributed by atoms with Gasteiger partial charge in [-0.2, -0.15) is 0 Å². The highest BCUT2D eigenvalue weighted by Crippen LogP contribution is 2.28. The van der Waals surface area contributed by atoms with Gasteiger partial charge in [-0.1, -0.05) is 23.7 Å². The van der Waals surface area contributed by atoms with Crippen LogP contribution in [0.4, 0.5) is 10.2 Å². The summed E-state index contributed by atoms with van der Waals surface area (Å²) in [6.45, 7) is 3.30. The maximum absolute atomic E-state index is 13.5. The van der Waals surface area contributed by atoms with Crippen LogP contribution in [0, 0.1) is 24.4 Å². The molecule has 1 unspecified atom stereocenters. The average molecular weight is 408 g/mol. The summed E-state index contributed by atoms with van der Waals surface area (Å²) in [5.41, 5.74) is 1.62. The Bertz CT molecular complexity index is 1100. The zero-order valence-corrected chi connectivity index (χ0v) is 16.6. The monoisotopic (exact) mass is 407 g/mol.